The Morgan fingerprint density at radius 1 is 1.22 bits per heavy atom. The Morgan fingerprint density at radius 3 is 2.28 bits per heavy atom. The Balaban J connectivity index is 2.49. The number of hydrogen-bond donors (Lipinski definition) is 0. The van der Waals surface area contributed by atoms with Gasteiger partial charge in [-0.25, -0.2) is 9.78 Å². The number of imidazole rings is 1. The predicted molar refractivity (Wildman–Crippen MR) is 67.6 cm³/mol. The molecule has 6 heteroatoms. The molecule has 0 aliphatic rings. The van der Waals surface area contributed by atoms with Crippen LogP contribution in [0.4, 0.5) is 4.79 Å². The Hall–Kier alpha value is -1.40. The summed E-state index contributed by atoms with van der Waals surface area (Å²) in [5.74, 6) is 0. The maximum Gasteiger partial charge on any atom is 0.329 e. The molecule has 0 saturated heterocycles. The van der Waals surface area contributed by atoms with Gasteiger partial charge in [0, 0.05) is 38.7 Å². The minimum atomic E-state index is -0.105. The molecule has 1 aromatic heterocycles. The number of aromatic nitrogens is 2. The van der Waals surface area contributed by atoms with Gasteiger partial charge < -0.3 is 14.4 Å². The molecule has 0 radical (unpaired) electrons. The fourth-order valence-corrected chi connectivity index (χ4v) is 1.48. The highest BCUT2D eigenvalue weighted by Gasteiger charge is 2.14. The SMILES string of the molecule is CCOCCN(CCOCC)C(=O)n1ccnc1. The van der Waals surface area contributed by atoms with Crippen molar-refractivity contribution >= 4 is 6.03 Å². The zero-order valence-corrected chi connectivity index (χ0v) is 11.0. The molecule has 0 N–H and O–H groups in total. The third-order valence-electron chi connectivity index (χ3n) is 2.42. The zero-order chi connectivity index (χ0) is 13.2. The highest BCUT2D eigenvalue weighted by molar-refractivity contribution is 5.76. The van der Waals surface area contributed by atoms with Crippen molar-refractivity contribution in [2.45, 2.75) is 13.8 Å². The smallest absolute Gasteiger partial charge is 0.329 e. The van der Waals surface area contributed by atoms with Crippen molar-refractivity contribution in [3.8, 4) is 0 Å². The third-order valence-corrected chi connectivity index (χ3v) is 2.42. The lowest BCUT2D eigenvalue weighted by Crippen LogP contribution is -2.39. The molecule has 0 spiro atoms. The van der Waals surface area contributed by atoms with Crippen LogP contribution >= 0.6 is 0 Å². The lowest BCUT2D eigenvalue weighted by atomic mass is 10.5. The van der Waals surface area contributed by atoms with E-state index in [-0.39, 0.29) is 6.03 Å². The molecule has 0 bridgehead atoms. The Kier molecular flexibility index (Phi) is 7.05. The highest BCUT2D eigenvalue weighted by Crippen LogP contribution is 1.97. The molecular weight excluding hydrogens is 234 g/mol. The first-order chi connectivity index (χ1) is 8.79. The summed E-state index contributed by atoms with van der Waals surface area (Å²) in [4.78, 5) is 17.7. The van der Waals surface area contributed by atoms with E-state index in [1.165, 1.54) is 10.9 Å². The molecule has 1 rings (SSSR count). The molecule has 0 saturated carbocycles. The van der Waals surface area contributed by atoms with Crippen LogP contribution in [0.25, 0.3) is 0 Å². The normalized spacial score (nSPS) is 10.6. The molecule has 18 heavy (non-hydrogen) atoms. The fourth-order valence-electron chi connectivity index (χ4n) is 1.48. The Morgan fingerprint density at radius 2 is 1.83 bits per heavy atom. The molecule has 0 aliphatic carbocycles. The number of amides is 1. The summed E-state index contributed by atoms with van der Waals surface area (Å²) in [5.41, 5.74) is 0. The van der Waals surface area contributed by atoms with Crippen LogP contribution in [0.1, 0.15) is 13.8 Å². The van der Waals surface area contributed by atoms with E-state index in [1.807, 2.05) is 13.8 Å². The topological polar surface area (TPSA) is 56.6 Å². The van der Waals surface area contributed by atoms with Crippen molar-refractivity contribution in [1.82, 2.24) is 14.5 Å². The fraction of sp³-hybridized carbons (Fsp3) is 0.667. The van der Waals surface area contributed by atoms with Gasteiger partial charge in [-0.15, -0.1) is 0 Å². The number of rotatable bonds is 8. The molecule has 1 heterocycles. The maximum absolute atomic E-state index is 12.1. The number of ether oxygens (including phenoxy) is 2. The summed E-state index contributed by atoms with van der Waals surface area (Å²) in [6.07, 6.45) is 4.72. The Labute approximate surface area is 108 Å². The minimum absolute atomic E-state index is 0.105. The lowest BCUT2D eigenvalue weighted by molar-refractivity contribution is 0.0928. The molecular formula is C12H21N3O3. The van der Waals surface area contributed by atoms with Crippen LogP contribution < -0.4 is 0 Å². The van der Waals surface area contributed by atoms with Gasteiger partial charge in [-0.05, 0) is 13.8 Å². The van der Waals surface area contributed by atoms with Gasteiger partial charge in [-0.3, -0.25) is 4.57 Å². The first kappa shape index (κ1) is 14.7. The van der Waals surface area contributed by atoms with Crippen molar-refractivity contribution in [1.29, 1.82) is 0 Å². The van der Waals surface area contributed by atoms with Crippen molar-refractivity contribution in [2.24, 2.45) is 0 Å². The molecule has 102 valence electrons. The summed E-state index contributed by atoms with van der Waals surface area (Å²) >= 11 is 0. The molecule has 0 unspecified atom stereocenters. The second-order valence-electron chi connectivity index (χ2n) is 3.63. The largest absolute Gasteiger partial charge is 0.380 e. The average molecular weight is 255 g/mol. The van der Waals surface area contributed by atoms with Gasteiger partial charge in [0.05, 0.1) is 13.2 Å². The average Bonchev–Trinajstić information content (AvgIpc) is 2.90. The molecule has 1 amide bonds. The third kappa shape index (κ3) is 4.85. The lowest BCUT2D eigenvalue weighted by Gasteiger charge is -2.22. The number of nitrogens with zero attached hydrogens (tertiary/aromatic N) is 3. The van der Waals surface area contributed by atoms with Gasteiger partial charge in [-0.2, -0.15) is 0 Å². The molecule has 0 aliphatic heterocycles. The molecule has 0 aromatic carbocycles. The van der Waals surface area contributed by atoms with Crippen molar-refractivity contribution in [2.75, 3.05) is 39.5 Å². The predicted octanol–water partition coefficient (Wildman–Crippen LogP) is 1.23. The zero-order valence-electron chi connectivity index (χ0n) is 11.0. The van der Waals surface area contributed by atoms with Crippen LogP contribution in [-0.4, -0.2) is 60.0 Å². The Bertz CT molecular complexity index is 317. The van der Waals surface area contributed by atoms with Crippen molar-refractivity contribution in [3.05, 3.63) is 18.7 Å². The van der Waals surface area contributed by atoms with Gasteiger partial charge in [0.25, 0.3) is 0 Å². The van der Waals surface area contributed by atoms with E-state index >= 15 is 0 Å². The van der Waals surface area contributed by atoms with Gasteiger partial charge >= 0.3 is 6.03 Å². The summed E-state index contributed by atoms with van der Waals surface area (Å²) in [6, 6.07) is -0.105. The van der Waals surface area contributed by atoms with E-state index in [2.05, 4.69) is 4.98 Å². The summed E-state index contributed by atoms with van der Waals surface area (Å²) < 4.78 is 12.0. The van der Waals surface area contributed by atoms with Gasteiger partial charge in [0.1, 0.15) is 6.33 Å². The highest BCUT2D eigenvalue weighted by atomic mass is 16.5. The van der Waals surface area contributed by atoms with E-state index in [9.17, 15) is 4.79 Å². The van der Waals surface area contributed by atoms with Gasteiger partial charge in [-0.1, -0.05) is 0 Å². The minimum Gasteiger partial charge on any atom is -0.380 e. The molecule has 0 atom stereocenters. The van der Waals surface area contributed by atoms with E-state index in [0.29, 0.717) is 39.5 Å². The monoisotopic (exact) mass is 255 g/mol. The quantitative estimate of drug-likeness (QED) is 0.655. The summed E-state index contributed by atoms with van der Waals surface area (Å²) in [6.45, 7) is 7.34. The number of hydrogen-bond acceptors (Lipinski definition) is 4. The first-order valence-electron chi connectivity index (χ1n) is 6.22. The van der Waals surface area contributed by atoms with E-state index in [4.69, 9.17) is 9.47 Å². The number of carbonyl (C=O) groups excluding carboxylic acids is 1. The summed E-state index contributed by atoms with van der Waals surface area (Å²) in [5, 5.41) is 0. The van der Waals surface area contributed by atoms with E-state index in [1.54, 1.807) is 17.3 Å². The summed E-state index contributed by atoms with van der Waals surface area (Å²) in [7, 11) is 0. The molecule has 6 nitrogen and oxygen atoms in total. The second-order valence-corrected chi connectivity index (χ2v) is 3.63. The van der Waals surface area contributed by atoms with Gasteiger partial charge in [0.15, 0.2) is 0 Å². The van der Waals surface area contributed by atoms with Crippen LogP contribution in [0.3, 0.4) is 0 Å². The van der Waals surface area contributed by atoms with Gasteiger partial charge in [0.2, 0.25) is 0 Å². The standard InChI is InChI=1S/C12H21N3O3/c1-3-17-9-7-14(8-10-18-4-2)12(16)15-6-5-13-11-15/h5-6,11H,3-4,7-10H2,1-2H3. The van der Waals surface area contributed by atoms with Crippen molar-refractivity contribution in [3.63, 3.8) is 0 Å². The van der Waals surface area contributed by atoms with E-state index in [0.717, 1.165) is 0 Å². The van der Waals surface area contributed by atoms with Crippen LogP contribution in [0, 0.1) is 0 Å². The van der Waals surface area contributed by atoms with Crippen LogP contribution in [0.2, 0.25) is 0 Å². The molecule has 1 aromatic rings. The van der Waals surface area contributed by atoms with Crippen molar-refractivity contribution < 1.29 is 14.3 Å². The molecule has 0 fully saturated rings. The van der Waals surface area contributed by atoms with Crippen LogP contribution in [-0.2, 0) is 9.47 Å². The maximum atomic E-state index is 12.1. The van der Waals surface area contributed by atoms with Crippen LogP contribution in [0.15, 0.2) is 18.7 Å². The number of carbonyl (C=O) groups is 1. The van der Waals surface area contributed by atoms with E-state index < -0.39 is 0 Å². The van der Waals surface area contributed by atoms with Crippen LogP contribution in [0.5, 0.6) is 0 Å². The first-order valence-corrected chi connectivity index (χ1v) is 6.22. The second kappa shape index (κ2) is 8.66.